The first kappa shape index (κ1) is 44.1. The van der Waals surface area contributed by atoms with Crippen LogP contribution in [0.3, 0.4) is 0 Å². The van der Waals surface area contributed by atoms with Crippen molar-refractivity contribution in [3.05, 3.63) is 285 Å². The Morgan fingerprint density at radius 2 is 0.773 bits per heavy atom. The highest BCUT2D eigenvalue weighted by atomic mass is 32.1. The molecule has 0 saturated heterocycles. The van der Waals surface area contributed by atoms with Crippen LogP contribution in [0.1, 0.15) is 0 Å². The maximum Gasteiger partial charge on any atom is 0.160 e. The fraction of sp³-hybridized carbons (Fsp3) is 0. The molecule has 5 heteroatoms. The van der Waals surface area contributed by atoms with E-state index in [0.717, 1.165) is 106 Å². The zero-order valence-electron chi connectivity index (χ0n) is 40.8. The molecule has 0 aliphatic rings. The van der Waals surface area contributed by atoms with E-state index in [4.69, 9.17) is 4.42 Å². The molecule has 0 saturated carbocycles. The lowest BCUT2D eigenvalue weighted by Gasteiger charge is -2.31. The Morgan fingerprint density at radius 1 is 0.280 bits per heavy atom. The molecular weight excluding hydrogens is 931 g/mol. The largest absolute Gasteiger partial charge is 0.454 e. The number of hydrogen-bond acceptors (Lipinski definition) is 5. The monoisotopic (exact) mass is 977 g/mol. The molecule has 12 aromatic carbocycles. The summed E-state index contributed by atoms with van der Waals surface area (Å²) in [6.45, 7) is 0. The predicted octanol–water partition coefficient (Wildman–Crippen LogP) is 20.9. The van der Waals surface area contributed by atoms with Gasteiger partial charge in [-0.1, -0.05) is 188 Å². The molecule has 0 spiro atoms. The smallest absolute Gasteiger partial charge is 0.160 e. The maximum atomic E-state index is 6.99. The molecule has 2 heterocycles. The van der Waals surface area contributed by atoms with Gasteiger partial charge < -0.3 is 19.1 Å². The van der Waals surface area contributed by atoms with Crippen LogP contribution in [0.15, 0.2) is 290 Å². The van der Waals surface area contributed by atoms with Crippen molar-refractivity contribution in [1.82, 2.24) is 0 Å². The minimum absolute atomic E-state index is 0.837. The van der Waals surface area contributed by atoms with Crippen molar-refractivity contribution in [2.24, 2.45) is 0 Å². The number of para-hydroxylation sites is 5. The van der Waals surface area contributed by atoms with Crippen molar-refractivity contribution in [2.45, 2.75) is 0 Å². The van der Waals surface area contributed by atoms with E-state index in [0.29, 0.717) is 0 Å². The third kappa shape index (κ3) is 7.77. The summed E-state index contributed by atoms with van der Waals surface area (Å²) in [4.78, 5) is 7.20. The van der Waals surface area contributed by atoms with Crippen LogP contribution in [-0.4, -0.2) is 0 Å². The lowest BCUT2D eigenvalue weighted by molar-refractivity contribution is 0.669. The molecule has 0 aliphatic heterocycles. The van der Waals surface area contributed by atoms with E-state index in [1.807, 2.05) is 11.3 Å². The van der Waals surface area contributed by atoms with Gasteiger partial charge in [-0.05, 0) is 125 Å². The average molecular weight is 978 g/mol. The van der Waals surface area contributed by atoms with E-state index in [9.17, 15) is 0 Å². The van der Waals surface area contributed by atoms with Gasteiger partial charge in [0.05, 0.1) is 21.8 Å². The van der Waals surface area contributed by atoms with Crippen molar-refractivity contribution >= 4 is 115 Å². The number of thiophene rings is 1. The molecule has 0 aliphatic carbocycles. The summed E-state index contributed by atoms with van der Waals surface area (Å²) in [5.41, 5.74) is 15.6. The van der Waals surface area contributed by atoms with Gasteiger partial charge in [0, 0.05) is 65.8 Å². The van der Waals surface area contributed by atoms with Crippen molar-refractivity contribution in [3.63, 3.8) is 0 Å². The average Bonchev–Trinajstić information content (AvgIpc) is 4.07. The van der Waals surface area contributed by atoms with Gasteiger partial charge in [0.25, 0.3) is 0 Å². The predicted molar refractivity (Wildman–Crippen MR) is 319 cm³/mol. The Balaban J connectivity index is 1.02. The van der Waals surface area contributed by atoms with Gasteiger partial charge in [-0.2, -0.15) is 0 Å². The molecule has 4 nitrogen and oxygen atoms in total. The van der Waals surface area contributed by atoms with E-state index < -0.39 is 0 Å². The van der Waals surface area contributed by atoms with Gasteiger partial charge in [-0.15, -0.1) is 11.3 Å². The summed E-state index contributed by atoms with van der Waals surface area (Å²) in [6.07, 6.45) is 0. The molecule has 0 radical (unpaired) electrons. The molecule has 14 rings (SSSR count). The number of furan rings is 1. The third-order valence-electron chi connectivity index (χ3n) is 14.4. The lowest BCUT2D eigenvalue weighted by Crippen LogP contribution is -2.14. The fourth-order valence-corrected chi connectivity index (χ4v) is 12.3. The number of fused-ring (bicyclic) bond motifs is 7. The minimum Gasteiger partial charge on any atom is -0.454 e. The first-order valence-corrected chi connectivity index (χ1v) is 26.2. The van der Waals surface area contributed by atoms with Crippen LogP contribution in [-0.2, 0) is 0 Å². The van der Waals surface area contributed by atoms with Gasteiger partial charge in [0.1, 0.15) is 5.58 Å². The second kappa shape index (κ2) is 18.7. The minimum atomic E-state index is 0.837. The van der Waals surface area contributed by atoms with Crippen molar-refractivity contribution < 1.29 is 4.42 Å². The highest BCUT2D eigenvalue weighted by molar-refractivity contribution is 7.26. The van der Waals surface area contributed by atoms with Gasteiger partial charge in [-0.25, -0.2) is 0 Å². The molecule has 2 aromatic heterocycles. The summed E-state index contributed by atoms with van der Waals surface area (Å²) in [6, 6.07) is 103. The molecule has 0 unspecified atom stereocenters. The van der Waals surface area contributed by atoms with Crippen molar-refractivity contribution in [2.75, 3.05) is 14.7 Å². The summed E-state index contributed by atoms with van der Waals surface area (Å²) in [5.74, 6) is 0. The zero-order chi connectivity index (χ0) is 49.7. The summed E-state index contributed by atoms with van der Waals surface area (Å²) in [7, 11) is 0. The van der Waals surface area contributed by atoms with E-state index in [2.05, 4.69) is 300 Å². The molecular formula is C70H47N3OS. The van der Waals surface area contributed by atoms with Gasteiger partial charge >= 0.3 is 0 Å². The molecule has 75 heavy (non-hydrogen) atoms. The number of benzene rings is 12. The normalized spacial score (nSPS) is 11.5. The Hall–Kier alpha value is -9.68. The van der Waals surface area contributed by atoms with Crippen LogP contribution in [0.25, 0.3) is 75.1 Å². The third-order valence-corrected chi connectivity index (χ3v) is 15.6. The topological polar surface area (TPSA) is 22.9 Å². The van der Waals surface area contributed by atoms with Gasteiger partial charge in [0.2, 0.25) is 0 Å². The molecule has 0 atom stereocenters. The van der Waals surface area contributed by atoms with Crippen molar-refractivity contribution in [1.29, 1.82) is 0 Å². The second-order valence-corrected chi connectivity index (χ2v) is 19.9. The number of nitrogens with zero attached hydrogens (tertiary/aromatic N) is 3. The SMILES string of the molecule is c1ccc(-c2ccc(N(c3ccccc3)c3ccc(-c4cc(N(c5ccccc5)c5ccccc5)cc(N(c5ccccc5)c5cccc6c5sc5ccccc56)c4)c4ccccc34)c3oc4ccccc4c23)cc1. The van der Waals surface area contributed by atoms with E-state index >= 15 is 0 Å². The molecule has 0 bridgehead atoms. The zero-order valence-corrected chi connectivity index (χ0v) is 41.6. The quantitative estimate of drug-likeness (QED) is 0.129. The van der Waals surface area contributed by atoms with Gasteiger partial charge in [0.15, 0.2) is 5.58 Å². The first-order valence-electron chi connectivity index (χ1n) is 25.4. The highest BCUT2D eigenvalue weighted by Gasteiger charge is 2.26. The fourth-order valence-electron chi connectivity index (χ4n) is 11.1. The Kier molecular flexibility index (Phi) is 11.0. The highest BCUT2D eigenvalue weighted by Crippen LogP contribution is 2.51. The van der Waals surface area contributed by atoms with Crippen molar-refractivity contribution in [3.8, 4) is 22.3 Å². The molecule has 354 valence electrons. The van der Waals surface area contributed by atoms with Crippen LogP contribution >= 0.6 is 11.3 Å². The molecule has 0 N–H and O–H groups in total. The standard InChI is InChI=1S/C70H47N3OS/c1-6-23-48(24-7-1)57-42-44-64(69-68(57)62-36-18-20-39-66(62)74-69)73(53-31-14-5-15-32-53)63-43-41-56(58-33-16-17-34-59(58)63)49-45-54(71(50-25-8-2-9-26-50)51-27-10-3-11-28-51)47-55(46-49)72(52-29-12-4-13-30-52)65-38-22-37-61-60-35-19-21-40-67(60)75-70(61)65/h1-47H. The first-order chi connectivity index (χ1) is 37.2. The summed E-state index contributed by atoms with van der Waals surface area (Å²) >= 11 is 1.85. The van der Waals surface area contributed by atoms with E-state index in [1.54, 1.807) is 0 Å². The Labute approximate surface area is 439 Å². The molecule has 14 aromatic rings. The van der Waals surface area contributed by atoms with Crippen LogP contribution in [0.5, 0.6) is 0 Å². The van der Waals surface area contributed by atoms with Crippen LogP contribution in [0, 0.1) is 0 Å². The van der Waals surface area contributed by atoms with Crippen LogP contribution in [0.4, 0.5) is 51.2 Å². The number of anilines is 9. The summed E-state index contributed by atoms with van der Waals surface area (Å²) in [5, 5.41) is 6.94. The Bertz CT molecular complexity index is 4330. The molecule has 0 amide bonds. The second-order valence-electron chi connectivity index (χ2n) is 18.8. The van der Waals surface area contributed by atoms with E-state index in [1.165, 1.54) is 20.2 Å². The van der Waals surface area contributed by atoms with Crippen LogP contribution in [0.2, 0.25) is 0 Å². The number of hydrogen-bond donors (Lipinski definition) is 0. The maximum absolute atomic E-state index is 6.99. The number of rotatable bonds is 11. The van der Waals surface area contributed by atoms with Crippen LogP contribution < -0.4 is 14.7 Å². The summed E-state index contributed by atoms with van der Waals surface area (Å²) < 4.78 is 9.49. The Morgan fingerprint density at radius 3 is 1.44 bits per heavy atom. The van der Waals surface area contributed by atoms with Gasteiger partial charge in [-0.3, -0.25) is 0 Å². The molecule has 0 fully saturated rings. The van der Waals surface area contributed by atoms with E-state index in [-0.39, 0.29) is 0 Å². The lowest BCUT2D eigenvalue weighted by atomic mass is 9.94.